The van der Waals surface area contributed by atoms with Crippen LogP contribution in [-0.2, 0) is 6.54 Å². The number of hydrogen-bond donors (Lipinski definition) is 2. The lowest BCUT2D eigenvalue weighted by atomic mass is 10.2. The predicted molar refractivity (Wildman–Crippen MR) is 79.9 cm³/mol. The molecule has 0 saturated carbocycles. The van der Waals surface area contributed by atoms with Gasteiger partial charge in [-0.1, -0.05) is 18.2 Å². The van der Waals surface area contributed by atoms with Gasteiger partial charge in [-0.05, 0) is 30.0 Å². The summed E-state index contributed by atoms with van der Waals surface area (Å²) in [5.74, 6) is 0.758. The van der Waals surface area contributed by atoms with Crippen LogP contribution in [0.2, 0.25) is 0 Å². The Balaban J connectivity index is 1.64. The fraction of sp³-hybridized carbons (Fsp3) is 0.200. The van der Waals surface area contributed by atoms with Gasteiger partial charge < -0.3 is 10.3 Å². The smallest absolute Gasteiger partial charge is 0.257 e. The molecule has 0 fully saturated rings. The molecule has 2 aromatic heterocycles. The van der Waals surface area contributed by atoms with E-state index < -0.39 is 0 Å². The number of pyridine rings is 1. The number of anilines is 1. The van der Waals surface area contributed by atoms with Gasteiger partial charge in [0.1, 0.15) is 5.82 Å². The Morgan fingerprint density at radius 3 is 3.00 bits per heavy atom. The molecule has 0 radical (unpaired) electrons. The van der Waals surface area contributed by atoms with E-state index in [2.05, 4.69) is 15.4 Å². The minimum atomic E-state index is -0.0577. The molecule has 3 rings (SSSR count). The molecule has 2 N–H and O–H groups in total. The van der Waals surface area contributed by atoms with Gasteiger partial charge in [0.15, 0.2) is 0 Å². The number of fused-ring (bicyclic) bond motifs is 1. The second-order valence-electron chi connectivity index (χ2n) is 4.65. The van der Waals surface area contributed by atoms with Gasteiger partial charge in [-0.25, -0.2) is 0 Å². The molecule has 0 spiro atoms. The average Bonchev–Trinajstić information content (AvgIpc) is 2.97. The van der Waals surface area contributed by atoms with Crippen molar-refractivity contribution in [2.24, 2.45) is 0 Å². The molecule has 3 aromatic rings. The first kappa shape index (κ1) is 12.5. The predicted octanol–water partition coefficient (Wildman–Crippen LogP) is 2.23. The van der Waals surface area contributed by atoms with E-state index in [1.54, 1.807) is 6.20 Å². The van der Waals surface area contributed by atoms with Gasteiger partial charge >= 0.3 is 0 Å². The van der Waals surface area contributed by atoms with Crippen LogP contribution in [0.4, 0.5) is 5.82 Å². The first-order valence-corrected chi connectivity index (χ1v) is 6.66. The van der Waals surface area contributed by atoms with Gasteiger partial charge in [-0.3, -0.25) is 9.48 Å². The van der Waals surface area contributed by atoms with E-state index in [4.69, 9.17) is 0 Å². The molecular formula is C15H16N4O. The number of nitrogens with zero attached hydrogens (tertiary/aromatic N) is 2. The van der Waals surface area contributed by atoms with Crippen molar-refractivity contribution in [1.82, 2.24) is 14.8 Å². The summed E-state index contributed by atoms with van der Waals surface area (Å²) >= 11 is 0. The van der Waals surface area contributed by atoms with Gasteiger partial charge in [0.2, 0.25) is 0 Å². The summed E-state index contributed by atoms with van der Waals surface area (Å²) in [7, 11) is 0. The standard InChI is InChI=1S/C15H16N4O/c20-15-13-6-2-1-5-12(13)11-14(18-15)16-7-3-9-19-10-4-8-17-19/h1-2,4-6,8,10-11H,3,7,9H2,(H2,16,18,20). The van der Waals surface area contributed by atoms with Crippen molar-refractivity contribution in [2.45, 2.75) is 13.0 Å². The lowest BCUT2D eigenvalue weighted by Crippen LogP contribution is -2.13. The molecule has 2 heterocycles. The maximum atomic E-state index is 11.9. The third-order valence-electron chi connectivity index (χ3n) is 3.19. The number of rotatable bonds is 5. The van der Waals surface area contributed by atoms with Crippen LogP contribution in [0.5, 0.6) is 0 Å². The van der Waals surface area contributed by atoms with Crippen molar-refractivity contribution < 1.29 is 0 Å². The van der Waals surface area contributed by atoms with Crippen LogP contribution < -0.4 is 10.9 Å². The second kappa shape index (κ2) is 5.61. The summed E-state index contributed by atoms with van der Waals surface area (Å²) in [6.07, 6.45) is 4.66. The van der Waals surface area contributed by atoms with E-state index >= 15 is 0 Å². The molecule has 0 unspecified atom stereocenters. The van der Waals surface area contributed by atoms with Crippen LogP contribution in [0.1, 0.15) is 6.42 Å². The zero-order valence-corrected chi connectivity index (χ0v) is 11.0. The lowest BCUT2D eigenvalue weighted by Gasteiger charge is -2.07. The summed E-state index contributed by atoms with van der Waals surface area (Å²) < 4.78 is 1.89. The highest BCUT2D eigenvalue weighted by Gasteiger charge is 2.00. The lowest BCUT2D eigenvalue weighted by molar-refractivity contribution is 0.591. The summed E-state index contributed by atoms with van der Waals surface area (Å²) in [5, 5.41) is 9.06. The molecule has 20 heavy (non-hydrogen) atoms. The molecule has 0 saturated heterocycles. The Morgan fingerprint density at radius 2 is 2.15 bits per heavy atom. The third kappa shape index (κ3) is 2.71. The summed E-state index contributed by atoms with van der Waals surface area (Å²) in [6.45, 7) is 1.64. The Bertz CT molecular complexity index is 746. The summed E-state index contributed by atoms with van der Waals surface area (Å²) in [5.41, 5.74) is -0.0577. The molecule has 0 bridgehead atoms. The zero-order chi connectivity index (χ0) is 13.8. The van der Waals surface area contributed by atoms with Crippen molar-refractivity contribution in [3.05, 3.63) is 59.1 Å². The Morgan fingerprint density at radius 1 is 1.25 bits per heavy atom. The molecule has 0 aliphatic rings. The number of aryl methyl sites for hydroxylation is 1. The Hall–Kier alpha value is -2.56. The Labute approximate surface area is 116 Å². The van der Waals surface area contributed by atoms with E-state index in [1.807, 2.05) is 47.3 Å². The minimum Gasteiger partial charge on any atom is -0.371 e. The van der Waals surface area contributed by atoms with Crippen molar-refractivity contribution in [1.29, 1.82) is 0 Å². The highest BCUT2D eigenvalue weighted by atomic mass is 16.1. The quantitative estimate of drug-likeness (QED) is 0.697. The number of aromatic amines is 1. The number of H-pyrrole nitrogens is 1. The van der Waals surface area contributed by atoms with E-state index in [9.17, 15) is 4.79 Å². The van der Waals surface area contributed by atoms with Crippen LogP contribution in [0.3, 0.4) is 0 Å². The molecular weight excluding hydrogens is 252 g/mol. The molecule has 0 atom stereocenters. The van der Waals surface area contributed by atoms with E-state index in [0.29, 0.717) is 0 Å². The molecule has 0 amide bonds. The van der Waals surface area contributed by atoms with Crippen molar-refractivity contribution in [3.8, 4) is 0 Å². The van der Waals surface area contributed by atoms with Gasteiger partial charge in [-0.2, -0.15) is 5.10 Å². The number of nitrogens with one attached hydrogen (secondary N) is 2. The maximum Gasteiger partial charge on any atom is 0.257 e. The monoisotopic (exact) mass is 268 g/mol. The van der Waals surface area contributed by atoms with Crippen LogP contribution >= 0.6 is 0 Å². The van der Waals surface area contributed by atoms with Gasteiger partial charge in [0, 0.05) is 30.9 Å². The fourth-order valence-corrected chi connectivity index (χ4v) is 2.20. The normalized spacial score (nSPS) is 10.8. The minimum absolute atomic E-state index is 0.0577. The van der Waals surface area contributed by atoms with Gasteiger partial charge in [0.25, 0.3) is 5.56 Å². The first-order chi connectivity index (χ1) is 9.83. The maximum absolute atomic E-state index is 11.9. The topological polar surface area (TPSA) is 62.7 Å². The van der Waals surface area contributed by atoms with E-state index in [-0.39, 0.29) is 5.56 Å². The largest absolute Gasteiger partial charge is 0.371 e. The summed E-state index contributed by atoms with van der Waals surface area (Å²) in [6, 6.07) is 11.5. The number of hydrogen-bond acceptors (Lipinski definition) is 3. The van der Waals surface area contributed by atoms with Crippen LogP contribution in [0.25, 0.3) is 10.8 Å². The molecule has 0 aliphatic heterocycles. The Kier molecular flexibility index (Phi) is 3.50. The summed E-state index contributed by atoms with van der Waals surface area (Å²) in [4.78, 5) is 14.8. The van der Waals surface area contributed by atoms with Crippen LogP contribution in [0, 0.1) is 0 Å². The van der Waals surface area contributed by atoms with Gasteiger partial charge in [-0.15, -0.1) is 0 Å². The number of benzene rings is 1. The molecule has 1 aromatic carbocycles. The molecule has 5 heteroatoms. The molecule has 102 valence electrons. The number of aromatic nitrogens is 3. The second-order valence-corrected chi connectivity index (χ2v) is 4.65. The zero-order valence-electron chi connectivity index (χ0n) is 11.0. The average molecular weight is 268 g/mol. The van der Waals surface area contributed by atoms with Crippen LogP contribution in [-0.4, -0.2) is 21.3 Å². The van der Waals surface area contributed by atoms with Crippen molar-refractivity contribution in [3.63, 3.8) is 0 Å². The van der Waals surface area contributed by atoms with E-state index in [0.717, 1.165) is 36.1 Å². The first-order valence-electron chi connectivity index (χ1n) is 6.66. The van der Waals surface area contributed by atoms with Crippen LogP contribution in [0.15, 0.2) is 53.6 Å². The van der Waals surface area contributed by atoms with Gasteiger partial charge in [0.05, 0.1) is 0 Å². The molecule has 5 nitrogen and oxygen atoms in total. The fourth-order valence-electron chi connectivity index (χ4n) is 2.20. The van der Waals surface area contributed by atoms with Crippen molar-refractivity contribution >= 4 is 16.6 Å². The van der Waals surface area contributed by atoms with E-state index in [1.165, 1.54) is 0 Å². The molecule has 0 aliphatic carbocycles. The highest BCUT2D eigenvalue weighted by molar-refractivity contribution is 5.83. The third-order valence-corrected chi connectivity index (χ3v) is 3.19. The van der Waals surface area contributed by atoms with Crippen molar-refractivity contribution in [2.75, 3.05) is 11.9 Å². The SMILES string of the molecule is O=c1[nH]c(NCCCn2cccn2)cc2ccccc12. The highest BCUT2D eigenvalue weighted by Crippen LogP contribution is 2.12.